The molecular weight excluding hydrogens is 344 g/mol. The number of hydrogen-bond acceptors (Lipinski definition) is 4. The zero-order valence-electron chi connectivity index (χ0n) is 15.6. The first-order valence-electron chi connectivity index (χ1n) is 9.10. The van der Waals surface area contributed by atoms with E-state index in [2.05, 4.69) is 5.32 Å². The van der Waals surface area contributed by atoms with E-state index in [0.717, 1.165) is 6.42 Å². The summed E-state index contributed by atoms with van der Waals surface area (Å²) in [5.41, 5.74) is 1.31. The Morgan fingerprint density at radius 1 is 1.15 bits per heavy atom. The Hall–Kier alpha value is -3.02. The summed E-state index contributed by atoms with van der Waals surface area (Å²) in [4.78, 5) is 26.8. The summed E-state index contributed by atoms with van der Waals surface area (Å²) in [6.07, 6.45) is 1.05. The lowest BCUT2D eigenvalue weighted by Crippen LogP contribution is -2.28. The van der Waals surface area contributed by atoms with Gasteiger partial charge >= 0.3 is 0 Å². The number of methoxy groups -OCH3 is 1. The summed E-state index contributed by atoms with van der Waals surface area (Å²) in [7, 11) is 1.57. The topological polar surface area (TPSA) is 67.9 Å². The third-order valence-corrected chi connectivity index (χ3v) is 4.48. The van der Waals surface area contributed by atoms with Crippen molar-refractivity contribution in [2.24, 2.45) is 5.92 Å². The number of para-hydroxylation sites is 4. The Bertz CT molecular complexity index is 821. The van der Waals surface area contributed by atoms with Gasteiger partial charge in [-0.3, -0.25) is 9.59 Å². The van der Waals surface area contributed by atoms with Gasteiger partial charge in [0.1, 0.15) is 11.5 Å². The van der Waals surface area contributed by atoms with Crippen LogP contribution in [0, 0.1) is 5.92 Å². The molecule has 2 aromatic rings. The standard InChI is InChI=1S/C21H24N2O4/c1-3-12-27-18-10-6-4-8-16(18)22-21(25)15-13-20(24)23(14-15)17-9-5-7-11-19(17)26-2/h4-11,15H,3,12-14H2,1-2H3,(H,22,25). The maximum absolute atomic E-state index is 12.7. The Labute approximate surface area is 159 Å². The summed E-state index contributed by atoms with van der Waals surface area (Å²) in [6.45, 7) is 2.93. The van der Waals surface area contributed by atoms with Crippen LogP contribution in [0.1, 0.15) is 19.8 Å². The molecule has 2 amide bonds. The molecule has 2 aromatic carbocycles. The van der Waals surface area contributed by atoms with Crippen LogP contribution in [0.25, 0.3) is 0 Å². The quantitative estimate of drug-likeness (QED) is 0.812. The fourth-order valence-electron chi connectivity index (χ4n) is 3.11. The molecule has 142 valence electrons. The van der Waals surface area contributed by atoms with Gasteiger partial charge in [-0.15, -0.1) is 0 Å². The van der Waals surface area contributed by atoms with Crippen molar-refractivity contribution in [3.8, 4) is 11.5 Å². The highest BCUT2D eigenvalue weighted by atomic mass is 16.5. The molecule has 1 aliphatic rings. The molecule has 1 atom stereocenters. The first-order chi connectivity index (χ1) is 13.1. The first kappa shape index (κ1) is 18.8. The maximum Gasteiger partial charge on any atom is 0.229 e. The molecule has 0 aromatic heterocycles. The van der Waals surface area contributed by atoms with Gasteiger partial charge in [-0.2, -0.15) is 0 Å². The van der Waals surface area contributed by atoms with Crippen LogP contribution in [0.3, 0.4) is 0 Å². The minimum absolute atomic E-state index is 0.0878. The lowest BCUT2D eigenvalue weighted by Gasteiger charge is -2.19. The predicted molar refractivity (Wildman–Crippen MR) is 104 cm³/mol. The van der Waals surface area contributed by atoms with E-state index in [1.165, 1.54) is 0 Å². The first-order valence-corrected chi connectivity index (χ1v) is 9.10. The smallest absolute Gasteiger partial charge is 0.229 e. The molecule has 1 fully saturated rings. The van der Waals surface area contributed by atoms with Crippen LogP contribution >= 0.6 is 0 Å². The molecule has 0 radical (unpaired) electrons. The van der Waals surface area contributed by atoms with E-state index < -0.39 is 5.92 Å². The zero-order chi connectivity index (χ0) is 19.2. The monoisotopic (exact) mass is 368 g/mol. The number of nitrogens with one attached hydrogen (secondary N) is 1. The van der Waals surface area contributed by atoms with Gasteiger partial charge in [0.15, 0.2) is 0 Å². The van der Waals surface area contributed by atoms with Crippen molar-refractivity contribution in [1.29, 1.82) is 0 Å². The van der Waals surface area contributed by atoms with Crippen LogP contribution in [-0.4, -0.2) is 32.1 Å². The van der Waals surface area contributed by atoms with E-state index in [4.69, 9.17) is 9.47 Å². The summed E-state index contributed by atoms with van der Waals surface area (Å²) in [5.74, 6) is 0.550. The van der Waals surface area contributed by atoms with Crippen LogP contribution < -0.4 is 19.7 Å². The van der Waals surface area contributed by atoms with Crippen LogP contribution in [0.4, 0.5) is 11.4 Å². The number of carbonyl (C=O) groups is 2. The lowest BCUT2D eigenvalue weighted by atomic mass is 10.1. The van der Waals surface area contributed by atoms with Crippen LogP contribution in [0.15, 0.2) is 48.5 Å². The number of anilines is 2. The van der Waals surface area contributed by atoms with Crippen LogP contribution in [0.5, 0.6) is 11.5 Å². The highest BCUT2D eigenvalue weighted by Gasteiger charge is 2.36. The molecule has 1 heterocycles. The van der Waals surface area contributed by atoms with E-state index in [-0.39, 0.29) is 18.2 Å². The average molecular weight is 368 g/mol. The van der Waals surface area contributed by atoms with E-state index in [9.17, 15) is 9.59 Å². The summed E-state index contributed by atoms with van der Waals surface area (Å²) >= 11 is 0. The van der Waals surface area contributed by atoms with E-state index in [1.807, 2.05) is 43.3 Å². The maximum atomic E-state index is 12.7. The molecule has 3 rings (SSSR count). The number of hydrogen-bond donors (Lipinski definition) is 1. The van der Waals surface area contributed by atoms with Crippen molar-refractivity contribution in [3.63, 3.8) is 0 Å². The molecular formula is C21H24N2O4. The number of benzene rings is 2. The number of rotatable bonds is 7. The molecule has 0 spiro atoms. The Kier molecular flexibility index (Phi) is 5.96. The Morgan fingerprint density at radius 3 is 2.59 bits per heavy atom. The second kappa shape index (κ2) is 8.58. The van der Waals surface area contributed by atoms with Crippen molar-refractivity contribution in [3.05, 3.63) is 48.5 Å². The minimum Gasteiger partial charge on any atom is -0.495 e. The van der Waals surface area contributed by atoms with Gasteiger partial charge < -0.3 is 19.7 Å². The van der Waals surface area contributed by atoms with Crippen molar-refractivity contribution in [1.82, 2.24) is 0 Å². The highest BCUT2D eigenvalue weighted by molar-refractivity contribution is 6.04. The summed E-state index contributed by atoms with van der Waals surface area (Å²) in [5, 5.41) is 2.91. The van der Waals surface area contributed by atoms with Crippen molar-refractivity contribution in [2.45, 2.75) is 19.8 Å². The SMILES string of the molecule is CCCOc1ccccc1NC(=O)C1CC(=O)N(c2ccccc2OC)C1. The third kappa shape index (κ3) is 4.22. The van der Waals surface area contributed by atoms with E-state index in [1.54, 1.807) is 24.1 Å². The number of amides is 2. The van der Waals surface area contributed by atoms with Crippen LogP contribution in [-0.2, 0) is 9.59 Å². The molecule has 0 saturated carbocycles. The summed E-state index contributed by atoms with van der Waals surface area (Å²) in [6, 6.07) is 14.7. The van der Waals surface area contributed by atoms with Crippen LogP contribution in [0.2, 0.25) is 0 Å². The molecule has 27 heavy (non-hydrogen) atoms. The average Bonchev–Trinajstić information content (AvgIpc) is 3.09. The molecule has 1 saturated heterocycles. The Balaban J connectivity index is 1.71. The van der Waals surface area contributed by atoms with E-state index >= 15 is 0 Å². The number of nitrogens with zero attached hydrogens (tertiary/aromatic N) is 1. The normalized spacial score (nSPS) is 16.3. The molecule has 1 aliphatic heterocycles. The van der Waals surface area contributed by atoms with Gasteiger partial charge in [-0.05, 0) is 30.7 Å². The highest BCUT2D eigenvalue weighted by Crippen LogP contribution is 2.33. The third-order valence-electron chi connectivity index (χ3n) is 4.48. The van der Waals surface area contributed by atoms with Crippen molar-refractivity contribution in [2.75, 3.05) is 30.5 Å². The number of ether oxygens (including phenoxy) is 2. The molecule has 6 heteroatoms. The summed E-state index contributed by atoms with van der Waals surface area (Å²) < 4.78 is 11.0. The van der Waals surface area contributed by atoms with Gasteiger partial charge in [0.05, 0.1) is 31.0 Å². The largest absolute Gasteiger partial charge is 0.495 e. The second-order valence-corrected chi connectivity index (χ2v) is 6.41. The molecule has 1 unspecified atom stereocenters. The predicted octanol–water partition coefficient (Wildman–Crippen LogP) is 3.48. The van der Waals surface area contributed by atoms with Gasteiger partial charge in [0.25, 0.3) is 0 Å². The molecule has 0 bridgehead atoms. The van der Waals surface area contributed by atoms with Gasteiger partial charge in [-0.25, -0.2) is 0 Å². The second-order valence-electron chi connectivity index (χ2n) is 6.41. The van der Waals surface area contributed by atoms with Gasteiger partial charge in [0, 0.05) is 13.0 Å². The molecule has 1 N–H and O–H groups in total. The minimum atomic E-state index is -0.429. The fourth-order valence-corrected chi connectivity index (χ4v) is 3.11. The van der Waals surface area contributed by atoms with Crippen molar-refractivity contribution >= 4 is 23.2 Å². The Morgan fingerprint density at radius 2 is 1.85 bits per heavy atom. The van der Waals surface area contributed by atoms with Gasteiger partial charge in [0.2, 0.25) is 11.8 Å². The van der Waals surface area contributed by atoms with Crippen molar-refractivity contribution < 1.29 is 19.1 Å². The molecule has 0 aliphatic carbocycles. The number of carbonyl (C=O) groups excluding carboxylic acids is 2. The molecule has 6 nitrogen and oxygen atoms in total. The lowest BCUT2D eigenvalue weighted by molar-refractivity contribution is -0.122. The zero-order valence-corrected chi connectivity index (χ0v) is 15.6. The van der Waals surface area contributed by atoms with Gasteiger partial charge in [-0.1, -0.05) is 31.2 Å². The van der Waals surface area contributed by atoms with E-state index in [0.29, 0.717) is 36.0 Å². The fraction of sp³-hybridized carbons (Fsp3) is 0.333.